The molecule has 1 aromatic rings. The summed E-state index contributed by atoms with van der Waals surface area (Å²) in [5.41, 5.74) is 1.27. The second-order valence-electron chi connectivity index (χ2n) is 1.58. The quantitative estimate of drug-likeness (QED) is 0.437. The summed E-state index contributed by atoms with van der Waals surface area (Å²) >= 11 is 0.847. The van der Waals surface area contributed by atoms with Crippen molar-refractivity contribution in [1.29, 1.82) is 0 Å². The second kappa shape index (κ2) is 6.26. The number of halogens is 1. The van der Waals surface area contributed by atoms with Gasteiger partial charge in [0.2, 0.25) is 0 Å². The maximum absolute atomic E-state index is 4.76. The van der Waals surface area contributed by atoms with E-state index in [1.54, 1.807) is 0 Å². The molecule has 0 nitrogen and oxygen atoms in total. The Balaban J connectivity index is 0.000000291. The van der Waals surface area contributed by atoms with Crippen LogP contribution in [0.3, 0.4) is 0 Å². The van der Waals surface area contributed by atoms with Gasteiger partial charge in [0.1, 0.15) is 0 Å². The van der Waals surface area contributed by atoms with E-state index in [0.29, 0.717) is 0 Å². The molecule has 44 valence electrons. The van der Waals surface area contributed by atoms with E-state index in [-0.39, 0.29) is 0 Å². The van der Waals surface area contributed by atoms with Crippen LogP contribution in [-0.2, 0) is 17.3 Å². The van der Waals surface area contributed by atoms with Gasteiger partial charge in [0.15, 0.2) is 0 Å². The first kappa shape index (κ1) is 9.13. The van der Waals surface area contributed by atoms with Crippen molar-refractivity contribution in [2.75, 3.05) is 0 Å². The summed E-state index contributed by atoms with van der Waals surface area (Å²) in [7, 11) is 4.76. The Bertz CT molecular complexity index is 139. The van der Waals surface area contributed by atoms with E-state index >= 15 is 0 Å². The van der Waals surface area contributed by atoms with Gasteiger partial charge in [0, 0.05) is 0 Å². The maximum atomic E-state index is 4.76. The van der Waals surface area contributed by atoms with Gasteiger partial charge in [0.05, 0.1) is 0 Å². The molecule has 0 aliphatic carbocycles. The molecule has 0 fully saturated rings. The van der Waals surface area contributed by atoms with E-state index in [1.165, 1.54) is 5.56 Å². The van der Waals surface area contributed by atoms with Gasteiger partial charge >= 0.3 is 27.0 Å². The predicted molar refractivity (Wildman–Crippen MR) is 35.9 cm³/mol. The van der Waals surface area contributed by atoms with E-state index in [0.717, 1.165) is 17.3 Å². The fourth-order valence-electron chi connectivity index (χ4n) is 0.483. The molecule has 0 radical (unpaired) electrons. The van der Waals surface area contributed by atoms with Crippen molar-refractivity contribution < 1.29 is 17.3 Å². The molecule has 2 heteroatoms. The number of benzene rings is 1. The first-order chi connectivity index (χ1) is 4.39. The standard InChI is InChI=1S/C7H7.ClH.Zn/c1-7-5-3-2-4-6-7;;/h2-3,5-6H,1H3;1H;/q-1;;+2/p-1. The van der Waals surface area contributed by atoms with Gasteiger partial charge in [-0.15, -0.1) is 0 Å². The minimum absolute atomic E-state index is 0.847. The molecule has 0 N–H and O–H groups in total. The Morgan fingerprint density at radius 2 is 2.22 bits per heavy atom. The van der Waals surface area contributed by atoms with Crippen molar-refractivity contribution in [3.05, 3.63) is 35.9 Å². The second-order valence-corrected chi connectivity index (χ2v) is 1.58. The molecule has 0 bridgehead atoms. The van der Waals surface area contributed by atoms with Crippen LogP contribution in [0.5, 0.6) is 0 Å². The SMILES string of the molecule is Cc1c[c-]ccc1.[Cl][Zn+]. The summed E-state index contributed by atoms with van der Waals surface area (Å²) in [6.45, 7) is 2.05. The van der Waals surface area contributed by atoms with Gasteiger partial charge in [-0.2, -0.15) is 35.9 Å². The predicted octanol–water partition coefficient (Wildman–Crippen LogP) is 2.48. The average Bonchev–Trinajstić information content (AvgIpc) is 1.94. The molecule has 0 spiro atoms. The molecule has 0 atom stereocenters. The van der Waals surface area contributed by atoms with Crippen LogP contribution in [0.15, 0.2) is 24.3 Å². The zero-order chi connectivity index (χ0) is 7.11. The number of hydrogen-bond donors (Lipinski definition) is 0. The Labute approximate surface area is 70.0 Å². The van der Waals surface area contributed by atoms with Crippen molar-refractivity contribution in [2.24, 2.45) is 0 Å². The molecule has 0 saturated heterocycles. The first-order valence-electron chi connectivity index (χ1n) is 2.59. The van der Waals surface area contributed by atoms with Gasteiger partial charge in [-0.05, 0) is 0 Å². The summed E-state index contributed by atoms with van der Waals surface area (Å²) in [5, 5.41) is 0. The molecular formula is C7H7ClZn. The van der Waals surface area contributed by atoms with Crippen LogP contribution in [0.2, 0.25) is 0 Å². The van der Waals surface area contributed by atoms with Crippen LogP contribution in [0.25, 0.3) is 0 Å². The molecule has 0 amide bonds. The molecular weight excluding hydrogens is 185 g/mol. The zero-order valence-electron chi connectivity index (χ0n) is 5.39. The topological polar surface area (TPSA) is 0 Å². The molecule has 0 aromatic heterocycles. The third-order valence-electron chi connectivity index (χ3n) is 0.863. The first-order valence-corrected chi connectivity index (χ1v) is 6.49. The van der Waals surface area contributed by atoms with Crippen LogP contribution < -0.4 is 0 Å². The van der Waals surface area contributed by atoms with Crippen molar-refractivity contribution in [3.8, 4) is 0 Å². The Morgan fingerprint density at radius 1 is 1.56 bits per heavy atom. The van der Waals surface area contributed by atoms with Crippen molar-refractivity contribution in [3.63, 3.8) is 0 Å². The van der Waals surface area contributed by atoms with E-state index in [4.69, 9.17) is 9.69 Å². The van der Waals surface area contributed by atoms with Gasteiger partial charge < -0.3 is 0 Å². The third kappa shape index (κ3) is 4.63. The summed E-state index contributed by atoms with van der Waals surface area (Å²) in [4.78, 5) is 0. The Kier molecular flexibility index (Phi) is 6.35. The van der Waals surface area contributed by atoms with Crippen LogP contribution in [0, 0.1) is 13.0 Å². The third-order valence-corrected chi connectivity index (χ3v) is 0.863. The Hall–Kier alpha value is 0.133. The van der Waals surface area contributed by atoms with E-state index in [1.807, 2.05) is 18.2 Å². The fourth-order valence-corrected chi connectivity index (χ4v) is 0.483. The molecule has 0 unspecified atom stereocenters. The summed E-state index contributed by atoms with van der Waals surface area (Å²) in [5.74, 6) is 0. The van der Waals surface area contributed by atoms with Crippen LogP contribution in [0.4, 0.5) is 0 Å². The van der Waals surface area contributed by atoms with Crippen LogP contribution in [-0.4, -0.2) is 0 Å². The van der Waals surface area contributed by atoms with Gasteiger partial charge in [-0.1, -0.05) is 6.92 Å². The number of rotatable bonds is 0. The summed E-state index contributed by atoms with van der Waals surface area (Å²) < 4.78 is 0. The molecule has 1 rings (SSSR count). The normalized spacial score (nSPS) is 7.56. The van der Waals surface area contributed by atoms with Gasteiger partial charge in [-0.25, -0.2) is 0 Å². The molecule has 0 saturated carbocycles. The van der Waals surface area contributed by atoms with Crippen molar-refractivity contribution >= 4 is 9.69 Å². The monoisotopic (exact) mass is 190 g/mol. The summed E-state index contributed by atoms with van der Waals surface area (Å²) in [6.07, 6.45) is 0. The summed E-state index contributed by atoms with van der Waals surface area (Å²) in [6, 6.07) is 10.8. The fraction of sp³-hybridized carbons (Fsp3) is 0.143. The molecule has 9 heavy (non-hydrogen) atoms. The molecule has 0 heterocycles. The average molecular weight is 192 g/mol. The Morgan fingerprint density at radius 3 is 2.44 bits per heavy atom. The van der Waals surface area contributed by atoms with Crippen LogP contribution in [0.1, 0.15) is 5.56 Å². The number of hydrogen-bond acceptors (Lipinski definition) is 0. The number of aryl methyl sites for hydroxylation is 1. The van der Waals surface area contributed by atoms with Crippen molar-refractivity contribution in [1.82, 2.24) is 0 Å². The van der Waals surface area contributed by atoms with Crippen LogP contribution >= 0.6 is 9.69 Å². The molecule has 1 aromatic carbocycles. The van der Waals surface area contributed by atoms with E-state index in [9.17, 15) is 0 Å². The molecule has 0 aliphatic rings. The minimum atomic E-state index is 0.847. The van der Waals surface area contributed by atoms with Gasteiger partial charge in [0.25, 0.3) is 0 Å². The van der Waals surface area contributed by atoms with E-state index < -0.39 is 0 Å². The molecule has 0 aliphatic heterocycles. The van der Waals surface area contributed by atoms with E-state index in [2.05, 4.69) is 19.1 Å². The van der Waals surface area contributed by atoms with Crippen molar-refractivity contribution in [2.45, 2.75) is 6.92 Å². The zero-order valence-corrected chi connectivity index (χ0v) is 9.12. The van der Waals surface area contributed by atoms with Gasteiger partial charge in [-0.3, -0.25) is 0 Å².